The third-order valence-corrected chi connectivity index (χ3v) is 7.11. The van der Waals surface area contributed by atoms with Gasteiger partial charge in [-0.05, 0) is 48.4 Å². The molecule has 182 valence electrons. The first kappa shape index (κ1) is 23.0. The predicted molar refractivity (Wildman–Crippen MR) is 135 cm³/mol. The Kier molecular flexibility index (Phi) is 6.49. The molecule has 1 amide bonds. The number of rotatable bonds is 6. The van der Waals surface area contributed by atoms with Crippen LogP contribution in [-0.4, -0.2) is 45.8 Å². The van der Waals surface area contributed by atoms with E-state index in [2.05, 4.69) is 39.4 Å². The highest BCUT2D eigenvalue weighted by Gasteiger charge is 2.41. The van der Waals surface area contributed by atoms with Crippen molar-refractivity contribution in [2.75, 3.05) is 43.7 Å². The molecule has 0 aromatic heterocycles. The third kappa shape index (κ3) is 4.63. The molecule has 7 heteroatoms. The van der Waals surface area contributed by atoms with Crippen LogP contribution in [0, 0.1) is 11.7 Å². The van der Waals surface area contributed by atoms with E-state index >= 15 is 0 Å². The molecule has 0 radical (unpaired) electrons. The Morgan fingerprint density at radius 2 is 1.74 bits per heavy atom. The van der Waals surface area contributed by atoms with Crippen molar-refractivity contribution in [2.45, 2.75) is 19.0 Å². The van der Waals surface area contributed by atoms with Crippen molar-refractivity contribution in [3.63, 3.8) is 0 Å². The van der Waals surface area contributed by atoms with Crippen LogP contribution in [-0.2, 0) is 17.8 Å². The van der Waals surface area contributed by atoms with Gasteiger partial charge >= 0.3 is 0 Å². The number of ether oxygens (including phenoxy) is 2. The number of nitrogens with one attached hydrogen (secondary N) is 1. The summed E-state index contributed by atoms with van der Waals surface area (Å²) in [7, 11) is 3.33. The van der Waals surface area contributed by atoms with Gasteiger partial charge in [-0.2, -0.15) is 0 Å². The minimum absolute atomic E-state index is 0.0221. The maximum atomic E-state index is 14.1. The van der Waals surface area contributed by atoms with Crippen LogP contribution in [0.2, 0.25) is 0 Å². The molecule has 2 heterocycles. The van der Waals surface area contributed by atoms with E-state index in [0.717, 1.165) is 41.5 Å². The van der Waals surface area contributed by atoms with Gasteiger partial charge in [0.2, 0.25) is 5.91 Å². The largest absolute Gasteiger partial charge is 0.497 e. The van der Waals surface area contributed by atoms with Crippen molar-refractivity contribution >= 4 is 17.3 Å². The van der Waals surface area contributed by atoms with E-state index in [1.807, 2.05) is 18.2 Å². The lowest BCUT2D eigenvalue weighted by Gasteiger charge is -2.49. The molecule has 3 aromatic rings. The number of nitrogens with zero attached hydrogens (tertiary/aromatic N) is 2. The lowest BCUT2D eigenvalue weighted by molar-refractivity contribution is -0.126. The van der Waals surface area contributed by atoms with Crippen LogP contribution in [0.1, 0.15) is 11.1 Å². The first-order chi connectivity index (χ1) is 17.1. The Balaban J connectivity index is 1.41. The summed E-state index contributed by atoms with van der Waals surface area (Å²) in [5, 5.41) is 3.00. The normalized spacial score (nSPS) is 18.9. The number of halogens is 1. The number of carbonyl (C=O) groups excluding carboxylic acids is 1. The molecule has 6 nitrogen and oxygen atoms in total. The van der Waals surface area contributed by atoms with E-state index in [4.69, 9.17) is 9.47 Å². The molecule has 5 rings (SSSR count). The zero-order valence-electron chi connectivity index (χ0n) is 20.0. The van der Waals surface area contributed by atoms with Crippen molar-refractivity contribution < 1.29 is 18.7 Å². The van der Waals surface area contributed by atoms with Gasteiger partial charge < -0.3 is 24.6 Å². The minimum Gasteiger partial charge on any atom is -0.497 e. The van der Waals surface area contributed by atoms with E-state index in [1.54, 1.807) is 32.4 Å². The average molecular weight is 476 g/mol. The van der Waals surface area contributed by atoms with E-state index in [-0.39, 0.29) is 30.2 Å². The molecular weight excluding hydrogens is 445 g/mol. The Labute approximate surface area is 205 Å². The summed E-state index contributed by atoms with van der Waals surface area (Å²) in [6, 6.07) is 20.6. The van der Waals surface area contributed by atoms with Crippen molar-refractivity contribution in [2.24, 2.45) is 5.92 Å². The zero-order chi connectivity index (χ0) is 24.4. The van der Waals surface area contributed by atoms with Gasteiger partial charge in [0.25, 0.3) is 0 Å². The number of fused-ring (bicyclic) bond motifs is 3. The Hall–Kier alpha value is -3.74. The number of carbonyl (C=O) groups is 1. The van der Waals surface area contributed by atoms with Crippen LogP contribution in [0.25, 0.3) is 0 Å². The standard InChI is InChI=1S/C28H30FN3O3/c1-34-22-11-8-21(9-12-22)31-13-14-32-26-16-23(35-2)10-7-19(26)15-24(27(32)18-31)28(33)30-17-20-5-3-4-6-25(20)29/h3-12,16,24,27H,13-15,17-18H2,1-2H3,(H,30,33)/t24-,27+/m0/s1. The highest BCUT2D eigenvalue weighted by atomic mass is 19.1. The monoisotopic (exact) mass is 475 g/mol. The molecule has 2 aliphatic heterocycles. The topological polar surface area (TPSA) is 54.0 Å². The van der Waals surface area contributed by atoms with Gasteiger partial charge in [0, 0.05) is 49.2 Å². The van der Waals surface area contributed by atoms with Gasteiger partial charge in [-0.25, -0.2) is 4.39 Å². The molecule has 0 unspecified atom stereocenters. The van der Waals surface area contributed by atoms with Crippen LogP contribution in [0.5, 0.6) is 11.5 Å². The smallest absolute Gasteiger partial charge is 0.225 e. The van der Waals surface area contributed by atoms with Crippen molar-refractivity contribution in [3.05, 3.63) is 83.7 Å². The number of piperazine rings is 1. The molecule has 2 aliphatic rings. The first-order valence-electron chi connectivity index (χ1n) is 11.9. The second-order valence-electron chi connectivity index (χ2n) is 9.02. The van der Waals surface area contributed by atoms with Crippen LogP contribution < -0.4 is 24.6 Å². The summed E-state index contributed by atoms with van der Waals surface area (Å²) in [6.45, 7) is 2.50. The van der Waals surface area contributed by atoms with Crippen LogP contribution in [0.15, 0.2) is 66.7 Å². The highest BCUT2D eigenvalue weighted by molar-refractivity contribution is 5.82. The molecule has 0 aliphatic carbocycles. The summed E-state index contributed by atoms with van der Waals surface area (Å²) in [5.74, 6) is 1.00. The molecule has 35 heavy (non-hydrogen) atoms. The van der Waals surface area contributed by atoms with Crippen LogP contribution >= 0.6 is 0 Å². The lowest BCUT2D eigenvalue weighted by Crippen LogP contribution is -2.61. The molecule has 3 aromatic carbocycles. The molecular formula is C28H30FN3O3. The Morgan fingerprint density at radius 1 is 1.00 bits per heavy atom. The number of anilines is 2. The fraction of sp³-hybridized carbons (Fsp3) is 0.321. The van der Waals surface area contributed by atoms with E-state index in [1.165, 1.54) is 6.07 Å². The second kappa shape index (κ2) is 9.86. The van der Waals surface area contributed by atoms with Crippen molar-refractivity contribution in [1.82, 2.24) is 5.32 Å². The Bertz CT molecular complexity index is 1200. The minimum atomic E-state index is -0.307. The van der Waals surface area contributed by atoms with E-state index in [0.29, 0.717) is 18.5 Å². The van der Waals surface area contributed by atoms with Crippen molar-refractivity contribution in [3.8, 4) is 11.5 Å². The summed E-state index contributed by atoms with van der Waals surface area (Å²) >= 11 is 0. The molecule has 0 bridgehead atoms. The summed E-state index contributed by atoms with van der Waals surface area (Å²) in [4.78, 5) is 18.1. The van der Waals surface area contributed by atoms with Crippen molar-refractivity contribution in [1.29, 1.82) is 0 Å². The molecule has 1 N–H and O–H groups in total. The summed E-state index contributed by atoms with van der Waals surface area (Å²) < 4.78 is 24.9. The Morgan fingerprint density at radius 3 is 2.49 bits per heavy atom. The molecule has 0 spiro atoms. The number of methoxy groups -OCH3 is 2. The third-order valence-electron chi connectivity index (χ3n) is 7.11. The average Bonchev–Trinajstić information content (AvgIpc) is 2.91. The molecule has 2 atom stereocenters. The maximum Gasteiger partial charge on any atom is 0.225 e. The molecule has 1 saturated heterocycles. The van der Waals surface area contributed by atoms with Gasteiger partial charge in [-0.1, -0.05) is 24.3 Å². The number of hydrogen-bond donors (Lipinski definition) is 1. The van der Waals surface area contributed by atoms with Gasteiger partial charge in [-0.3, -0.25) is 4.79 Å². The number of hydrogen-bond acceptors (Lipinski definition) is 5. The summed E-state index contributed by atoms with van der Waals surface area (Å²) in [5.41, 5.74) is 3.85. The lowest BCUT2D eigenvalue weighted by atomic mass is 9.83. The zero-order valence-corrected chi connectivity index (χ0v) is 20.0. The fourth-order valence-corrected chi connectivity index (χ4v) is 5.19. The van der Waals surface area contributed by atoms with E-state index < -0.39 is 0 Å². The number of benzene rings is 3. The van der Waals surface area contributed by atoms with Gasteiger partial charge in [0.15, 0.2) is 0 Å². The SMILES string of the molecule is COc1ccc(N2CCN3c4cc(OC)ccc4C[C@H](C(=O)NCc4ccccc4F)[C@H]3C2)cc1. The number of amides is 1. The van der Waals surface area contributed by atoms with Crippen LogP contribution in [0.3, 0.4) is 0 Å². The first-order valence-corrected chi connectivity index (χ1v) is 11.9. The van der Waals surface area contributed by atoms with Gasteiger partial charge in [0.1, 0.15) is 17.3 Å². The van der Waals surface area contributed by atoms with Gasteiger partial charge in [0.05, 0.1) is 26.2 Å². The quantitative estimate of drug-likeness (QED) is 0.584. The van der Waals surface area contributed by atoms with Gasteiger partial charge in [-0.15, -0.1) is 0 Å². The molecule has 0 saturated carbocycles. The predicted octanol–water partition coefficient (Wildman–Crippen LogP) is 4.03. The van der Waals surface area contributed by atoms with E-state index in [9.17, 15) is 9.18 Å². The second-order valence-corrected chi connectivity index (χ2v) is 9.02. The summed E-state index contributed by atoms with van der Waals surface area (Å²) in [6.07, 6.45) is 0.625. The highest BCUT2D eigenvalue weighted by Crippen LogP contribution is 2.39. The molecule has 1 fully saturated rings. The fourth-order valence-electron chi connectivity index (χ4n) is 5.19. The van der Waals surface area contributed by atoms with Crippen LogP contribution in [0.4, 0.5) is 15.8 Å². The maximum absolute atomic E-state index is 14.1.